The molecule has 1 atom stereocenters. The number of aromatic nitrogens is 3. The normalized spacial score (nSPS) is 19.1. The van der Waals surface area contributed by atoms with E-state index in [0.717, 1.165) is 0 Å². The average Bonchev–Trinajstić information content (AvgIpc) is 2.99. The van der Waals surface area contributed by atoms with Crippen molar-refractivity contribution in [2.24, 2.45) is 13.0 Å². The molecule has 2 heterocycles. The Morgan fingerprint density at radius 3 is 2.68 bits per heavy atom. The van der Waals surface area contributed by atoms with Gasteiger partial charge in [-0.05, 0) is 26.2 Å². The fourth-order valence-electron chi connectivity index (χ4n) is 2.53. The third kappa shape index (κ3) is 5.99. The zero-order valence-corrected chi connectivity index (χ0v) is 16.1. The smallest absolute Gasteiger partial charge is 0.321 e. The number of carbonyl (C=O) groups is 2. The lowest BCUT2D eigenvalue weighted by Gasteiger charge is -2.09. The Kier molecular flexibility index (Phi) is 6.44. The molecule has 0 radical (unpaired) electrons. The maximum atomic E-state index is 11.8. The number of urea groups is 1. The molecule has 25 heavy (non-hydrogen) atoms. The van der Waals surface area contributed by atoms with E-state index in [-0.39, 0.29) is 29.2 Å². The maximum Gasteiger partial charge on any atom is 0.321 e. The summed E-state index contributed by atoms with van der Waals surface area (Å²) >= 11 is 1.17. The van der Waals surface area contributed by atoms with E-state index in [4.69, 9.17) is 0 Å². The summed E-state index contributed by atoms with van der Waals surface area (Å²) in [4.78, 5) is 23.2. The molecule has 2 N–H and O–H groups in total. The Morgan fingerprint density at radius 1 is 1.36 bits per heavy atom. The number of nitrogens with zero attached hydrogens (tertiary/aromatic N) is 3. The molecule has 1 saturated heterocycles. The Bertz CT molecular complexity index is 744. The molecule has 1 aliphatic rings. The van der Waals surface area contributed by atoms with Crippen molar-refractivity contribution < 1.29 is 18.0 Å². The zero-order valence-electron chi connectivity index (χ0n) is 14.5. The summed E-state index contributed by atoms with van der Waals surface area (Å²) < 4.78 is 24.8. The van der Waals surface area contributed by atoms with E-state index < -0.39 is 21.8 Å². The second kappa shape index (κ2) is 8.17. The lowest BCUT2D eigenvalue weighted by Crippen LogP contribution is -2.43. The van der Waals surface area contributed by atoms with Gasteiger partial charge in [0.1, 0.15) is 5.82 Å². The summed E-state index contributed by atoms with van der Waals surface area (Å²) in [5.41, 5.74) is 0. The lowest BCUT2D eigenvalue weighted by molar-refractivity contribution is -0.117. The van der Waals surface area contributed by atoms with Crippen molar-refractivity contribution in [1.82, 2.24) is 25.4 Å². The molecule has 0 saturated carbocycles. The third-order valence-corrected chi connectivity index (χ3v) is 6.59. The molecule has 3 amide bonds. The van der Waals surface area contributed by atoms with Crippen molar-refractivity contribution in [3.05, 3.63) is 5.82 Å². The van der Waals surface area contributed by atoms with E-state index in [1.807, 2.05) is 0 Å². The van der Waals surface area contributed by atoms with Crippen LogP contribution in [-0.2, 0) is 28.1 Å². The topological polar surface area (TPSA) is 123 Å². The minimum Gasteiger partial charge on any atom is -0.336 e. The Hall–Kier alpha value is -1.62. The molecular weight excluding hydrogens is 366 g/mol. The van der Waals surface area contributed by atoms with Gasteiger partial charge in [-0.15, -0.1) is 10.2 Å². The van der Waals surface area contributed by atoms with Gasteiger partial charge in [-0.1, -0.05) is 11.8 Å². The Labute approximate surface area is 151 Å². The molecule has 1 aromatic rings. The van der Waals surface area contributed by atoms with Crippen molar-refractivity contribution in [2.45, 2.75) is 37.9 Å². The third-order valence-electron chi connectivity index (χ3n) is 3.73. The first-order chi connectivity index (χ1) is 11.7. The lowest BCUT2D eigenvalue weighted by atomic mass is 10.1. The minimum atomic E-state index is -2.92. The molecular formula is C14H23N5O4S2. The van der Waals surface area contributed by atoms with Crippen molar-refractivity contribution >= 4 is 33.5 Å². The van der Waals surface area contributed by atoms with Gasteiger partial charge in [0.15, 0.2) is 15.0 Å². The molecule has 1 aromatic heterocycles. The summed E-state index contributed by atoms with van der Waals surface area (Å²) in [7, 11) is -1.13. The first-order valence-electron chi connectivity index (χ1n) is 7.98. The van der Waals surface area contributed by atoms with Crippen LogP contribution in [-0.4, -0.2) is 58.4 Å². The summed E-state index contributed by atoms with van der Waals surface area (Å²) in [5, 5.41) is 13.5. The fourth-order valence-corrected chi connectivity index (χ4v) is 5.12. The highest BCUT2D eigenvalue weighted by Gasteiger charge is 2.29. The SMILES string of the molecule is CC(C)NC(=O)NC(=O)CSc1nnc(CC2CCS(=O)(=O)C2)n1C. The highest BCUT2D eigenvalue weighted by atomic mass is 32.2. The van der Waals surface area contributed by atoms with Crippen molar-refractivity contribution in [3.8, 4) is 0 Å². The number of sulfone groups is 1. The fraction of sp³-hybridized carbons (Fsp3) is 0.714. The molecule has 2 rings (SSSR count). The molecule has 9 nitrogen and oxygen atoms in total. The second-order valence-corrected chi connectivity index (χ2v) is 9.57. The van der Waals surface area contributed by atoms with E-state index in [1.165, 1.54) is 11.8 Å². The first kappa shape index (κ1) is 19.7. The van der Waals surface area contributed by atoms with Gasteiger partial charge in [-0.25, -0.2) is 13.2 Å². The number of imide groups is 1. The molecule has 1 aliphatic heterocycles. The highest BCUT2D eigenvalue weighted by Crippen LogP contribution is 2.23. The van der Waals surface area contributed by atoms with Crippen LogP contribution in [0.4, 0.5) is 4.79 Å². The Morgan fingerprint density at radius 2 is 2.08 bits per heavy atom. The molecule has 11 heteroatoms. The van der Waals surface area contributed by atoms with Crippen LogP contribution in [0.25, 0.3) is 0 Å². The number of thioether (sulfide) groups is 1. The minimum absolute atomic E-state index is 0.0370. The van der Waals surface area contributed by atoms with Gasteiger partial charge < -0.3 is 9.88 Å². The quantitative estimate of drug-likeness (QED) is 0.662. The largest absolute Gasteiger partial charge is 0.336 e. The summed E-state index contributed by atoms with van der Waals surface area (Å²) in [5.74, 6) is 0.798. The predicted molar refractivity (Wildman–Crippen MR) is 94.0 cm³/mol. The van der Waals surface area contributed by atoms with Gasteiger partial charge in [0.2, 0.25) is 5.91 Å². The summed E-state index contributed by atoms with van der Waals surface area (Å²) in [6.45, 7) is 3.60. The van der Waals surface area contributed by atoms with E-state index in [0.29, 0.717) is 23.8 Å². The van der Waals surface area contributed by atoms with Crippen LogP contribution in [0.2, 0.25) is 0 Å². The van der Waals surface area contributed by atoms with Gasteiger partial charge in [0, 0.05) is 19.5 Å². The van der Waals surface area contributed by atoms with Crippen molar-refractivity contribution in [3.63, 3.8) is 0 Å². The highest BCUT2D eigenvalue weighted by molar-refractivity contribution is 7.99. The maximum absolute atomic E-state index is 11.8. The first-order valence-corrected chi connectivity index (χ1v) is 10.8. The van der Waals surface area contributed by atoms with E-state index >= 15 is 0 Å². The number of nitrogens with one attached hydrogen (secondary N) is 2. The molecule has 1 unspecified atom stereocenters. The van der Waals surface area contributed by atoms with Crippen LogP contribution in [0, 0.1) is 5.92 Å². The van der Waals surface area contributed by atoms with E-state index in [9.17, 15) is 18.0 Å². The number of rotatable bonds is 6. The second-order valence-electron chi connectivity index (χ2n) is 6.40. The molecule has 1 fully saturated rings. The zero-order chi connectivity index (χ0) is 18.6. The molecule has 0 spiro atoms. The van der Waals surface area contributed by atoms with Crippen molar-refractivity contribution in [2.75, 3.05) is 17.3 Å². The van der Waals surface area contributed by atoms with Gasteiger partial charge >= 0.3 is 6.03 Å². The molecule has 140 valence electrons. The van der Waals surface area contributed by atoms with E-state index in [1.54, 1.807) is 25.5 Å². The monoisotopic (exact) mass is 389 g/mol. The van der Waals surface area contributed by atoms with Crippen LogP contribution in [0.1, 0.15) is 26.1 Å². The van der Waals surface area contributed by atoms with Gasteiger partial charge in [-0.3, -0.25) is 10.1 Å². The number of hydrogen-bond donors (Lipinski definition) is 2. The van der Waals surface area contributed by atoms with Gasteiger partial charge in [-0.2, -0.15) is 0 Å². The van der Waals surface area contributed by atoms with Crippen LogP contribution in [0.5, 0.6) is 0 Å². The van der Waals surface area contributed by atoms with Crippen LogP contribution >= 0.6 is 11.8 Å². The number of amides is 3. The summed E-state index contributed by atoms with van der Waals surface area (Å²) in [6.07, 6.45) is 1.19. The van der Waals surface area contributed by atoms with Crippen LogP contribution in [0.15, 0.2) is 5.16 Å². The van der Waals surface area contributed by atoms with Crippen molar-refractivity contribution in [1.29, 1.82) is 0 Å². The Balaban J connectivity index is 1.84. The van der Waals surface area contributed by atoms with Crippen LogP contribution in [0.3, 0.4) is 0 Å². The predicted octanol–water partition coefficient (Wildman–Crippen LogP) is 0.119. The molecule has 0 aliphatic carbocycles. The average molecular weight is 390 g/mol. The molecule has 0 bridgehead atoms. The van der Waals surface area contributed by atoms with E-state index in [2.05, 4.69) is 20.8 Å². The summed E-state index contributed by atoms with van der Waals surface area (Å²) in [6, 6.07) is -0.581. The molecule has 0 aromatic carbocycles. The van der Waals surface area contributed by atoms with Gasteiger partial charge in [0.05, 0.1) is 17.3 Å². The number of carbonyl (C=O) groups excluding carboxylic acids is 2. The van der Waals surface area contributed by atoms with Gasteiger partial charge in [0.25, 0.3) is 0 Å². The standard InChI is InChI=1S/C14H23N5O4S2/c1-9(2)15-13(21)16-12(20)7-24-14-18-17-11(19(14)3)6-10-4-5-25(22,23)8-10/h9-10H,4-8H2,1-3H3,(H2,15,16,20,21). The van der Waals surface area contributed by atoms with Crippen LogP contribution < -0.4 is 10.6 Å². The number of hydrogen-bond acceptors (Lipinski definition) is 7.